The van der Waals surface area contributed by atoms with Crippen LogP contribution in [0.2, 0.25) is 0 Å². The van der Waals surface area contributed by atoms with Crippen LogP contribution in [0, 0.1) is 0 Å². The van der Waals surface area contributed by atoms with Crippen LogP contribution in [0.5, 0.6) is 11.5 Å². The summed E-state index contributed by atoms with van der Waals surface area (Å²) in [4.78, 5) is 8.71. The molecule has 20 heteroatoms. The van der Waals surface area contributed by atoms with E-state index < -0.39 is 84.7 Å². The van der Waals surface area contributed by atoms with Gasteiger partial charge >= 0.3 is 5.97 Å². The van der Waals surface area contributed by atoms with Crippen molar-refractivity contribution >= 4 is 69.8 Å². The molecule has 17 nitrogen and oxygen atoms in total. The molecule has 0 aliphatic rings. The number of benzene rings is 4. The second-order valence-corrected chi connectivity index (χ2v) is 12.6. The fourth-order valence-electron chi connectivity index (χ4n) is 3.69. The predicted molar refractivity (Wildman–Crippen MR) is 145 cm³/mol. The van der Waals surface area contributed by atoms with Crippen molar-refractivity contribution in [3.8, 4) is 11.5 Å². The summed E-state index contributed by atoms with van der Waals surface area (Å²) in [5.41, 5.74) is -2.76. The Morgan fingerprint density at radius 3 is 1.58 bits per heavy atom. The second kappa shape index (κ2) is 11.1. The number of hydrogen-bond acceptors (Lipinski definition) is 13. The number of carbonyl (C=O) groups is 1. The molecule has 4 rings (SSSR count). The Kier molecular flexibility index (Phi) is 8.02. The van der Waals surface area contributed by atoms with Gasteiger partial charge in [0.25, 0.3) is 30.4 Å². The van der Waals surface area contributed by atoms with Crippen molar-refractivity contribution < 1.29 is 59.0 Å². The van der Waals surface area contributed by atoms with Gasteiger partial charge in [-0.05, 0) is 53.9 Å². The molecule has 0 radical (unpaired) electrons. The second-order valence-electron chi connectivity index (χ2n) is 8.38. The Labute approximate surface area is 241 Å². The van der Waals surface area contributed by atoms with E-state index in [2.05, 4.69) is 20.5 Å². The maximum Gasteiger partial charge on any atom is 0.337 e. The summed E-state index contributed by atoms with van der Waals surface area (Å²) in [6, 6.07) is 10.2. The third kappa shape index (κ3) is 6.48. The Balaban J connectivity index is 1.99. The first-order valence-corrected chi connectivity index (χ1v) is 15.5. The van der Waals surface area contributed by atoms with Crippen molar-refractivity contribution in [2.75, 3.05) is 0 Å². The molecule has 43 heavy (non-hydrogen) atoms. The van der Waals surface area contributed by atoms with Crippen LogP contribution in [0.4, 0.5) is 22.7 Å². The summed E-state index contributed by atoms with van der Waals surface area (Å²) >= 11 is 0. The van der Waals surface area contributed by atoms with Gasteiger partial charge in [0.05, 0.1) is 21.5 Å². The van der Waals surface area contributed by atoms with E-state index in [-0.39, 0.29) is 16.9 Å². The summed E-state index contributed by atoms with van der Waals surface area (Å²) in [6.07, 6.45) is 0. The molecule has 224 valence electrons. The number of phenolic OH excluding ortho intramolecular Hbond substituents is 2. The minimum atomic E-state index is -5.24. The molecule has 0 aliphatic carbocycles. The molecule has 0 atom stereocenters. The summed E-state index contributed by atoms with van der Waals surface area (Å²) < 4.78 is 99.6. The molecule has 0 heterocycles. The number of aromatic hydroxyl groups is 2. The third-order valence-corrected chi connectivity index (χ3v) is 8.20. The van der Waals surface area contributed by atoms with Gasteiger partial charge in [0.15, 0.2) is 11.5 Å². The first-order chi connectivity index (χ1) is 19.9. The smallest absolute Gasteiger partial charge is 0.337 e. The zero-order valence-electron chi connectivity index (χ0n) is 20.8. The predicted octanol–water partition coefficient (Wildman–Crippen LogP) is 4.52. The van der Waals surface area contributed by atoms with Gasteiger partial charge in [0.1, 0.15) is 26.9 Å². The van der Waals surface area contributed by atoms with Crippen LogP contribution < -0.4 is 0 Å². The van der Waals surface area contributed by atoms with E-state index in [4.69, 9.17) is 4.55 Å². The monoisotopic (exact) mass is 652 g/mol. The van der Waals surface area contributed by atoms with E-state index in [0.717, 1.165) is 30.3 Å². The van der Waals surface area contributed by atoms with Crippen molar-refractivity contribution in [3.05, 3.63) is 66.2 Å². The molecule has 0 spiro atoms. The average molecular weight is 653 g/mol. The lowest BCUT2D eigenvalue weighted by Crippen LogP contribution is -2.02. The molecule has 0 aliphatic heterocycles. The molecule has 0 unspecified atom stereocenters. The van der Waals surface area contributed by atoms with Crippen LogP contribution in [-0.2, 0) is 30.4 Å². The zero-order valence-corrected chi connectivity index (χ0v) is 23.3. The van der Waals surface area contributed by atoms with Crippen LogP contribution in [0.25, 0.3) is 10.8 Å². The molecule has 0 saturated heterocycles. The van der Waals surface area contributed by atoms with Crippen LogP contribution in [0.15, 0.2) is 95.8 Å². The first kappa shape index (κ1) is 31.1. The molecule has 0 saturated carbocycles. The van der Waals surface area contributed by atoms with Gasteiger partial charge in [-0.3, -0.25) is 13.7 Å². The van der Waals surface area contributed by atoms with Crippen LogP contribution in [-0.4, -0.2) is 60.2 Å². The highest BCUT2D eigenvalue weighted by atomic mass is 32.2. The van der Waals surface area contributed by atoms with Gasteiger partial charge in [0.2, 0.25) is 0 Å². The number of rotatable bonds is 8. The minimum Gasteiger partial charge on any atom is -0.505 e. The van der Waals surface area contributed by atoms with E-state index >= 15 is 0 Å². The van der Waals surface area contributed by atoms with Crippen LogP contribution in [0.3, 0.4) is 0 Å². The van der Waals surface area contributed by atoms with E-state index in [1.54, 1.807) is 0 Å². The summed E-state index contributed by atoms with van der Waals surface area (Å²) in [5, 5.41) is 44.4. The van der Waals surface area contributed by atoms with Crippen molar-refractivity contribution in [2.24, 2.45) is 20.5 Å². The SMILES string of the molecule is O=C(O)c1ccccc1N=Nc1c(S(=O)(=O)O)cc2cc(S(=O)(=O)O)c(N=Nc3ccc(S(=O)(=O)O)cc3)c(O)c2c1O. The van der Waals surface area contributed by atoms with E-state index in [1.807, 2.05) is 0 Å². The quantitative estimate of drug-likeness (QED) is 0.113. The normalized spacial score (nSPS) is 12.8. The number of hydrogen-bond donors (Lipinski definition) is 6. The van der Waals surface area contributed by atoms with Gasteiger partial charge < -0.3 is 15.3 Å². The van der Waals surface area contributed by atoms with Crippen LogP contribution >= 0.6 is 0 Å². The highest BCUT2D eigenvalue weighted by molar-refractivity contribution is 7.86. The number of phenols is 2. The van der Waals surface area contributed by atoms with Gasteiger partial charge in [-0.1, -0.05) is 12.1 Å². The molecule has 0 aromatic heterocycles. The lowest BCUT2D eigenvalue weighted by atomic mass is 10.1. The molecule has 6 N–H and O–H groups in total. The molecule has 4 aromatic carbocycles. The molecule has 0 fully saturated rings. The van der Waals surface area contributed by atoms with Crippen molar-refractivity contribution in [1.82, 2.24) is 0 Å². The summed E-state index contributed by atoms with van der Waals surface area (Å²) in [5.74, 6) is -3.79. The maximum atomic E-state index is 12.1. The number of azo groups is 2. The highest BCUT2D eigenvalue weighted by Crippen LogP contribution is 2.50. The van der Waals surface area contributed by atoms with Crippen molar-refractivity contribution in [2.45, 2.75) is 14.7 Å². The highest BCUT2D eigenvalue weighted by Gasteiger charge is 2.29. The number of aromatic carboxylic acids is 1. The van der Waals surface area contributed by atoms with Gasteiger partial charge in [-0.15, -0.1) is 15.3 Å². The minimum absolute atomic E-state index is 0.134. The number of nitrogens with zero attached hydrogens (tertiary/aromatic N) is 4. The largest absolute Gasteiger partial charge is 0.505 e. The number of carboxylic acids is 1. The molecular formula is C23H16N4O13S3. The Bertz CT molecular complexity index is 2200. The zero-order chi connectivity index (χ0) is 31.9. The van der Waals surface area contributed by atoms with Crippen LogP contribution in [0.1, 0.15) is 10.4 Å². The summed E-state index contributed by atoms with van der Waals surface area (Å²) in [6.45, 7) is 0. The standard InChI is InChI=1S/C23H16N4O13S3/c28-21-18-11(9-16(42(35,36)37)19(21)26-24-12-5-7-13(8-6-12)41(32,33)34)10-17(43(38,39)40)20(22(18)29)27-25-15-4-2-1-3-14(15)23(30)31/h1-10,28-29H,(H,30,31)(H,32,33,34)(H,35,36,37)(H,38,39,40). The number of fused-ring (bicyclic) bond motifs is 1. The lowest BCUT2D eigenvalue weighted by Gasteiger charge is -2.13. The molecular weight excluding hydrogens is 636 g/mol. The average Bonchev–Trinajstić information content (AvgIpc) is 2.90. The Morgan fingerprint density at radius 2 is 1.12 bits per heavy atom. The fraction of sp³-hybridized carbons (Fsp3) is 0. The Hall–Kier alpha value is -4.86. The van der Waals surface area contributed by atoms with Gasteiger partial charge in [-0.2, -0.15) is 30.4 Å². The van der Waals surface area contributed by atoms with E-state index in [0.29, 0.717) is 12.1 Å². The Morgan fingerprint density at radius 1 is 0.628 bits per heavy atom. The maximum absolute atomic E-state index is 12.1. The fourth-order valence-corrected chi connectivity index (χ4v) is 5.48. The topological polar surface area (TPSA) is 290 Å². The van der Waals surface area contributed by atoms with E-state index in [9.17, 15) is 54.5 Å². The van der Waals surface area contributed by atoms with Crippen molar-refractivity contribution in [1.29, 1.82) is 0 Å². The summed E-state index contributed by atoms with van der Waals surface area (Å²) in [7, 11) is -15.0. The van der Waals surface area contributed by atoms with E-state index in [1.165, 1.54) is 18.2 Å². The first-order valence-electron chi connectivity index (χ1n) is 11.1. The van der Waals surface area contributed by atoms with Crippen molar-refractivity contribution in [3.63, 3.8) is 0 Å². The number of carboxylic acid groups (broad SMARTS) is 1. The third-order valence-electron chi connectivity index (χ3n) is 5.60. The lowest BCUT2D eigenvalue weighted by molar-refractivity contribution is 0.0697. The van der Waals surface area contributed by atoms with Gasteiger partial charge in [-0.25, -0.2) is 4.79 Å². The molecule has 4 aromatic rings. The molecule has 0 amide bonds. The molecule has 0 bridgehead atoms. The van der Waals surface area contributed by atoms with Gasteiger partial charge in [0, 0.05) is 0 Å².